The average molecular weight is 692 g/mol. The summed E-state index contributed by atoms with van der Waals surface area (Å²) in [6.07, 6.45) is 1.91. The van der Waals surface area contributed by atoms with Gasteiger partial charge in [0.25, 0.3) is 0 Å². The van der Waals surface area contributed by atoms with Gasteiger partial charge in [-0.2, -0.15) is 0 Å². The number of halogens is 1. The van der Waals surface area contributed by atoms with Gasteiger partial charge in [0.1, 0.15) is 17.4 Å². The summed E-state index contributed by atoms with van der Waals surface area (Å²) in [5.74, 6) is -1.54. The minimum absolute atomic E-state index is 0.00258. The molecule has 5 rings (SSSR count). The second-order valence-electron chi connectivity index (χ2n) is 11.6. The van der Waals surface area contributed by atoms with Crippen LogP contribution in [0.3, 0.4) is 0 Å². The number of aryl methyl sites for hydroxylation is 1. The Kier molecular flexibility index (Phi) is 13.0. The summed E-state index contributed by atoms with van der Waals surface area (Å²) in [5, 5.41) is 37.7. The highest BCUT2D eigenvalue weighted by Gasteiger charge is 2.20. The summed E-state index contributed by atoms with van der Waals surface area (Å²) in [4.78, 5) is 32.4. The van der Waals surface area contributed by atoms with Crippen molar-refractivity contribution in [2.45, 2.75) is 39.7 Å². The molecule has 0 aliphatic rings. The average Bonchev–Trinajstić information content (AvgIpc) is 3.57. The number of primary amides is 1. The monoisotopic (exact) mass is 691 g/mol. The van der Waals surface area contributed by atoms with E-state index in [9.17, 15) is 24.2 Å². The number of nitrogens with one attached hydrogen (secondary N) is 2. The number of carbonyl (C=O) groups excluding carboxylic acids is 1. The number of carbonyl (C=O) groups is 2. The van der Waals surface area contributed by atoms with Gasteiger partial charge < -0.3 is 36.3 Å². The molecule has 1 amide bonds. The lowest BCUT2D eigenvalue weighted by atomic mass is 9.99. The molecular weight excluding hydrogens is 649 g/mol. The van der Waals surface area contributed by atoms with E-state index in [0.717, 1.165) is 41.9 Å². The van der Waals surface area contributed by atoms with Gasteiger partial charge >= 0.3 is 5.97 Å². The van der Waals surface area contributed by atoms with Crippen molar-refractivity contribution in [2.75, 3.05) is 18.0 Å². The molecule has 1 unspecified atom stereocenters. The van der Waals surface area contributed by atoms with Crippen LogP contribution < -0.4 is 10.6 Å². The number of imidazole rings is 1. The molecule has 0 bridgehead atoms. The molecular formula is C40H42FN5O5. The molecule has 0 radical (unpaired) electrons. The van der Waals surface area contributed by atoms with E-state index in [1.54, 1.807) is 48.5 Å². The largest absolute Gasteiger partial charge is 0.507 e. The number of rotatable bonds is 13. The molecule has 0 aliphatic heterocycles. The van der Waals surface area contributed by atoms with Gasteiger partial charge in [-0.05, 0) is 67.3 Å². The third-order valence-electron chi connectivity index (χ3n) is 8.22. The van der Waals surface area contributed by atoms with E-state index in [2.05, 4.69) is 23.7 Å². The molecule has 264 valence electrons. The molecule has 1 heterocycles. The summed E-state index contributed by atoms with van der Waals surface area (Å²) in [6, 6.07) is 26.4. The van der Waals surface area contributed by atoms with Crippen molar-refractivity contribution < 1.29 is 29.3 Å². The number of nitrogens with zero attached hydrogens (tertiary/aromatic N) is 2. The number of phenolic OH excluding ortho intramolecular Hbond substituents is 1. The second kappa shape index (κ2) is 17.5. The molecule has 1 atom stereocenters. The standard InChI is InChI=1S/C32H33N5O5.C8H9F/c1-3-37(4-2)23-14-15-24(26(38)17-23)31-35-29(21-8-5-19(6-9-21)7-16-28(34)40)30(36-31)22-12-10-20(11-13-22)25(33)18-27(39)32(41)42;1-2-7-3-5-8(9)6-4-7/h5-17,27,33,38-39H,3-4,18H2,1-2H3,(H2,34,40)(H,35,36)(H,41,42);3-6H,2H2,1H3/b16-7+,33-25?;. The first kappa shape index (κ1) is 37.7. The maximum Gasteiger partial charge on any atom is 0.332 e. The van der Waals surface area contributed by atoms with E-state index in [1.165, 1.54) is 23.8 Å². The highest BCUT2D eigenvalue weighted by atomic mass is 19.1. The van der Waals surface area contributed by atoms with Gasteiger partial charge in [0.2, 0.25) is 5.91 Å². The lowest BCUT2D eigenvalue weighted by Crippen LogP contribution is -2.23. The number of aliphatic hydroxyl groups is 1. The predicted octanol–water partition coefficient (Wildman–Crippen LogP) is 7.05. The molecule has 0 saturated carbocycles. The van der Waals surface area contributed by atoms with Crippen LogP contribution in [0.5, 0.6) is 5.75 Å². The number of aliphatic carboxylic acids is 1. The molecule has 1 aromatic heterocycles. The highest BCUT2D eigenvalue weighted by molar-refractivity contribution is 6.00. The van der Waals surface area contributed by atoms with Crippen molar-refractivity contribution in [2.24, 2.45) is 5.73 Å². The molecule has 0 fully saturated rings. The topological polar surface area (TPSA) is 177 Å². The van der Waals surface area contributed by atoms with Gasteiger partial charge in [0, 0.05) is 54.2 Å². The van der Waals surface area contributed by atoms with Gasteiger partial charge in [-0.25, -0.2) is 14.2 Å². The smallest absolute Gasteiger partial charge is 0.332 e. The van der Waals surface area contributed by atoms with Crippen molar-refractivity contribution in [1.82, 2.24) is 9.97 Å². The minimum atomic E-state index is -1.65. The molecule has 11 heteroatoms. The number of benzene rings is 4. The molecule has 7 N–H and O–H groups in total. The number of aliphatic hydroxyl groups excluding tert-OH is 1. The molecule has 4 aromatic carbocycles. The fourth-order valence-electron chi connectivity index (χ4n) is 5.31. The zero-order valence-corrected chi connectivity index (χ0v) is 28.7. The van der Waals surface area contributed by atoms with E-state index in [1.807, 2.05) is 43.3 Å². The number of anilines is 1. The summed E-state index contributed by atoms with van der Waals surface area (Å²) >= 11 is 0. The number of aromatic nitrogens is 2. The zero-order valence-electron chi connectivity index (χ0n) is 28.7. The zero-order chi connectivity index (χ0) is 37.1. The van der Waals surface area contributed by atoms with Gasteiger partial charge in [0.05, 0.1) is 17.0 Å². The Balaban J connectivity index is 0.000000563. The predicted molar refractivity (Wildman–Crippen MR) is 199 cm³/mol. The lowest BCUT2D eigenvalue weighted by Gasteiger charge is -2.21. The normalized spacial score (nSPS) is 11.5. The Bertz CT molecular complexity index is 1980. The fourth-order valence-corrected chi connectivity index (χ4v) is 5.31. The van der Waals surface area contributed by atoms with Gasteiger partial charge in [-0.1, -0.05) is 67.6 Å². The third-order valence-corrected chi connectivity index (χ3v) is 8.22. The maximum absolute atomic E-state index is 12.2. The van der Waals surface area contributed by atoms with Crippen LogP contribution in [-0.2, 0) is 16.0 Å². The Morgan fingerprint density at radius 3 is 2.12 bits per heavy atom. The van der Waals surface area contributed by atoms with Crippen LogP contribution in [0.15, 0.2) is 97.1 Å². The maximum atomic E-state index is 12.2. The number of amides is 1. The van der Waals surface area contributed by atoms with E-state index < -0.39 is 18.0 Å². The fraction of sp³-hybridized carbons (Fsp3) is 0.200. The number of H-pyrrole nitrogens is 1. The first-order valence-corrected chi connectivity index (χ1v) is 16.5. The van der Waals surface area contributed by atoms with Crippen LogP contribution in [0.4, 0.5) is 10.1 Å². The van der Waals surface area contributed by atoms with Crippen LogP contribution in [0, 0.1) is 11.2 Å². The van der Waals surface area contributed by atoms with Crippen LogP contribution >= 0.6 is 0 Å². The first-order valence-electron chi connectivity index (χ1n) is 16.5. The molecule has 0 aliphatic carbocycles. The Morgan fingerprint density at radius 2 is 1.57 bits per heavy atom. The second-order valence-corrected chi connectivity index (χ2v) is 11.6. The lowest BCUT2D eigenvalue weighted by molar-refractivity contribution is -0.146. The highest BCUT2D eigenvalue weighted by Crippen LogP contribution is 2.37. The van der Waals surface area contributed by atoms with E-state index in [-0.39, 0.29) is 23.7 Å². The van der Waals surface area contributed by atoms with Crippen LogP contribution in [0.2, 0.25) is 0 Å². The molecule has 0 saturated heterocycles. The molecule has 51 heavy (non-hydrogen) atoms. The number of phenols is 1. The number of nitrogens with two attached hydrogens (primary N) is 1. The van der Waals surface area contributed by atoms with Crippen LogP contribution in [-0.4, -0.2) is 62.1 Å². The molecule has 10 nitrogen and oxygen atoms in total. The first-order chi connectivity index (χ1) is 24.4. The minimum Gasteiger partial charge on any atom is -0.507 e. The Labute approximate surface area is 296 Å². The van der Waals surface area contributed by atoms with E-state index >= 15 is 0 Å². The van der Waals surface area contributed by atoms with E-state index in [0.29, 0.717) is 28.3 Å². The summed E-state index contributed by atoms with van der Waals surface area (Å²) in [5.41, 5.74) is 11.9. The van der Waals surface area contributed by atoms with Crippen LogP contribution in [0.25, 0.3) is 40.0 Å². The van der Waals surface area contributed by atoms with E-state index in [4.69, 9.17) is 21.2 Å². The number of aromatic amines is 1. The molecule has 0 spiro atoms. The molecule has 5 aromatic rings. The number of hydrogen-bond acceptors (Lipinski definition) is 7. The van der Waals surface area contributed by atoms with Gasteiger partial charge in [-0.3, -0.25) is 4.79 Å². The summed E-state index contributed by atoms with van der Waals surface area (Å²) < 4.78 is 12.2. The summed E-state index contributed by atoms with van der Waals surface area (Å²) in [6.45, 7) is 7.76. The van der Waals surface area contributed by atoms with Crippen molar-refractivity contribution in [3.63, 3.8) is 0 Å². The Hall–Kier alpha value is -6.07. The quantitative estimate of drug-likeness (QED) is 0.0566. The van der Waals surface area contributed by atoms with Crippen molar-refractivity contribution in [1.29, 1.82) is 5.41 Å². The number of hydrogen-bond donors (Lipinski definition) is 6. The SMILES string of the molecule is CCN(CC)c1ccc(-c2nc(-c3ccc(C(=N)CC(O)C(=O)O)cc3)c(-c3ccc(/C=C/C(N)=O)cc3)[nH]2)c(O)c1.CCc1ccc(F)cc1. The number of aromatic hydroxyl groups is 1. The summed E-state index contributed by atoms with van der Waals surface area (Å²) in [7, 11) is 0. The van der Waals surface area contributed by atoms with Crippen molar-refractivity contribution in [3.8, 4) is 39.7 Å². The van der Waals surface area contributed by atoms with Gasteiger partial charge in [-0.15, -0.1) is 0 Å². The number of carboxylic acid groups (broad SMARTS) is 1. The van der Waals surface area contributed by atoms with Crippen molar-refractivity contribution in [3.05, 3.63) is 120 Å². The number of carboxylic acids is 1. The Morgan fingerprint density at radius 1 is 0.941 bits per heavy atom. The van der Waals surface area contributed by atoms with Crippen LogP contribution in [0.1, 0.15) is 43.9 Å². The van der Waals surface area contributed by atoms with Gasteiger partial charge in [0.15, 0.2) is 6.10 Å². The van der Waals surface area contributed by atoms with Crippen molar-refractivity contribution >= 4 is 29.4 Å². The third kappa shape index (κ3) is 9.99.